The molecule has 1 aliphatic carbocycles. The monoisotopic (exact) mass is 252 g/mol. The third kappa shape index (κ3) is 2.29. The van der Waals surface area contributed by atoms with Crippen LogP contribution in [0.2, 0.25) is 0 Å². The summed E-state index contributed by atoms with van der Waals surface area (Å²) in [6.45, 7) is 8.60. The first-order valence-corrected chi connectivity index (χ1v) is 7.67. The van der Waals surface area contributed by atoms with E-state index in [-0.39, 0.29) is 11.7 Å². The average molecular weight is 252 g/mol. The Morgan fingerprint density at radius 2 is 1.94 bits per heavy atom. The van der Waals surface area contributed by atoms with E-state index >= 15 is 0 Å². The van der Waals surface area contributed by atoms with Crippen LogP contribution in [0.15, 0.2) is 0 Å². The van der Waals surface area contributed by atoms with E-state index in [4.69, 9.17) is 0 Å². The van der Waals surface area contributed by atoms with Gasteiger partial charge in [-0.2, -0.15) is 0 Å². The molecule has 0 aromatic heterocycles. The SMILES string of the molecule is CCCC1CC1N1C(=O)C(C)(CC)NC1CCC. The van der Waals surface area contributed by atoms with Gasteiger partial charge in [-0.1, -0.05) is 33.6 Å². The predicted molar refractivity (Wildman–Crippen MR) is 74.2 cm³/mol. The number of hydrogen-bond acceptors (Lipinski definition) is 2. The van der Waals surface area contributed by atoms with Gasteiger partial charge in [0.15, 0.2) is 0 Å². The van der Waals surface area contributed by atoms with Crippen molar-refractivity contribution in [1.82, 2.24) is 10.2 Å². The third-order valence-corrected chi connectivity index (χ3v) is 4.70. The molecule has 2 rings (SSSR count). The molecule has 0 radical (unpaired) electrons. The fourth-order valence-electron chi connectivity index (χ4n) is 3.30. The zero-order valence-electron chi connectivity index (χ0n) is 12.3. The van der Waals surface area contributed by atoms with Crippen LogP contribution in [0.25, 0.3) is 0 Å². The maximum absolute atomic E-state index is 12.6. The highest BCUT2D eigenvalue weighted by molar-refractivity contribution is 5.89. The molecule has 0 bridgehead atoms. The fourth-order valence-corrected chi connectivity index (χ4v) is 3.30. The molecule has 2 aliphatic rings. The van der Waals surface area contributed by atoms with Crippen LogP contribution < -0.4 is 5.32 Å². The number of rotatable bonds is 6. The lowest BCUT2D eigenvalue weighted by atomic mass is 9.99. The maximum atomic E-state index is 12.6. The molecule has 0 aromatic rings. The van der Waals surface area contributed by atoms with Crippen molar-refractivity contribution in [3.05, 3.63) is 0 Å². The molecule has 4 atom stereocenters. The summed E-state index contributed by atoms with van der Waals surface area (Å²) in [4.78, 5) is 14.8. The van der Waals surface area contributed by atoms with Crippen LogP contribution in [0, 0.1) is 5.92 Å². The van der Waals surface area contributed by atoms with E-state index in [1.54, 1.807) is 0 Å². The Labute approximate surface area is 111 Å². The van der Waals surface area contributed by atoms with Crippen molar-refractivity contribution in [3.8, 4) is 0 Å². The summed E-state index contributed by atoms with van der Waals surface area (Å²) in [5.41, 5.74) is -0.320. The first kappa shape index (κ1) is 13.9. The summed E-state index contributed by atoms with van der Waals surface area (Å²) in [6.07, 6.45) is 7.10. The molecule has 1 saturated heterocycles. The van der Waals surface area contributed by atoms with Crippen LogP contribution in [0.1, 0.15) is 66.2 Å². The van der Waals surface area contributed by atoms with Gasteiger partial charge in [-0.25, -0.2) is 0 Å². The summed E-state index contributed by atoms with van der Waals surface area (Å²) < 4.78 is 0. The van der Waals surface area contributed by atoms with E-state index in [1.165, 1.54) is 19.3 Å². The van der Waals surface area contributed by atoms with E-state index in [2.05, 4.69) is 37.9 Å². The van der Waals surface area contributed by atoms with Crippen molar-refractivity contribution < 1.29 is 4.79 Å². The van der Waals surface area contributed by atoms with Crippen LogP contribution >= 0.6 is 0 Å². The molecule has 1 saturated carbocycles. The number of carbonyl (C=O) groups excluding carboxylic acids is 1. The standard InChI is InChI=1S/C15H28N2O/c1-5-8-11-10-12(11)17-13(9-6-2)16-15(4,7-3)14(17)18/h11-13,16H,5-10H2,1-4H3. The molecular formula is C15H28N2O. The number of nitrogens with zero attached hydrogens (tertiary/aromatic N) is 1. The van der Waals surface area contributed by atoms with Gasteiger partial charge >= 0.3 is 0 Å². The molecule has 1 heterocycles. The lowest BCUT2D eigenvalue weighted by Gasteiger charge is -2.24. The number of nitrogens with one attached hydrogen (secondary N) is 1. The largest absolute Gasteiger partial charge is 0.322 e. The normalized spacial score (nSPS) is 39.4. The molecule has 3 heteroatoms. The van der Waals surface area contributed by atoms with Gasteiger partial charge in [-0.05, 0) is 38.5 Å². The number of amides is 1. The Hall–Kier alpha value is -0.570. The topological polar surface area (TPSA) is 32.3 Å². The van der Waals surface area contributed by atoms with Gasteiger partial charge < -0.3 is 4.90 Å². The van der Waals surface area contributed by atoms with Gasteiger partial charge in [-0.3, -0.25) is 10.1 Å². The van der Waals surface area contributed by atoms with Gasteiger partial charge in [0, 0.05) is 6.04 Å². The third-order valence-electron chi connectivity index (χ3n) is 4.70. The van der Waals surface area contributed by atoms with Crippen LogP contribution in [0.5, 0.6) is 0 Å². The lowest BCUT2D eigenvalue weighted by Crippen LogP contribution is -2.43. The molecule has 1 amide bonds. The molecule has 1 aliphatic heterocycles. The first-order chi connectivity index (χ1) is 8.57. The predicted octanol–water partition coefficient (Wildman–Crippen LogP) is 2.90. The Kier molecular flexibility index (Phi) is 4.00. The zero-order chi connectivity index (χ0) is 13.3. The van der Waals surface area contributed by atoms with Crippen LogP contribution in [0.3, 0.4) is 0 Å². The molecule has 1 N–H and O–H groups in total. The Balaban J connectivity index is 2.08. The van der Waals surface area contributed by atoms with Gasteiger partial charge in [0.1, 0.15) is 0 Å². The van der Waals surface area contributed by atoms with Crippen LogP contribution in [0.4, 0.5) is 0 Å². The zero-order valence-corrected chi connectivity index (χ0v) is 12.3. The Morgan fingerprint density at radius 3 is 2.50 bits per heavy atom. The van der Waals surface area contributed by atoms with Gasteiger partial charge in [0.2, 0.25) is 5.91 Å². The fraction of sp³-hybridized carbons (Fsp3) is 0.933. The van der Waals surface area contributed by atoms with E-state index in [0.717, 1.165) is 25.2 Å². The molecule has 104 valence electrons. The summed E-state index contributed by atoms with van der Waals surface area (Å²) in [6, 6.07) is 0.523. The van der Waals surface area contributed by atoms with Crippen molar-refractivity contribution in [1.29, 1.82) is 0 Å². The second-order valence-electron chi connectivity index (χ2n) is 6.20. The summed E-state index contributed by atoms with van der Waals surface area (Å²) in [5.74, 6) is 1.10. The molecule has 0 aromatic carbocycles. The van der Waals surface area contributed by atoms with E-state index in [0.29, 0.717) is 11.9 Å². The Morgan fingerprint density at radius 1 is 1.28 bits per heavy atom. The van der Waals surface area contributed by atoms with Gasteiger partial charge in [0.25, 0.3) is 0 Å². The summed E-state index contributed by atoms with van der Waals surface area (Å²) in [5, 5.41) is 3.58. The summed E-state index contributed by atoms with van der Waals surface area (Å²) >= 11 is 0. The Bertz CT molecular complexity index is 318. The summed E-state index contributed by atoms with van der Waals surface area (Å²) in [7, 11) is 0. The minimum Gasteiger partial charge on any atom is -0.322 e. The van der Waals surface area contributed by atoms with Crippen molar-refractivity contribution in [3.63, 3.8) is 0 Å². The second-order valence-corrected chi connectivity index (χ2v) is 6.20. The van der Waals surface area contributed by atoms with E-state index < -0.39 is 0 Å². The van der Waals surface area contributed by atoms with Gasteiger partial charge in [0.05, 0.1) is 11.7 Å². The molecule has 0 spiro atoms. The van der Waals surface area contributed by atoms with Crippen LogP contribution in [-0.4, -0.2) is 28.6 Å². The minimum absolute atomic E-state index is 0.277. The van der Waals surface area contributed by atoms with E-state index in [1.807, 2.05) is 0 Å². The first-order valence-electron chi connectivity index (χ1n) is 7.67. The minimum atomic E-state index is -0.320. The quantitative estimate of drug-likeness (QED) is 0.788. The van der Waals surface area contributed by atoms with Crippen molar-refractivity contribution in [2.75, 3.05) is 0 Å². The number of carbonyl (C=O) groups is 1. The highest BCUT2D eigenvalue weighted by atomic mass is 16.2. The molecular weight excluding hydrogens is 224 g/mol. The molecule has 4 unspecified atom stereocenters. The smallest absolute Gasteiger partial charge is 0.244 e. The van der Waals surface area contributed by atoms with Crippen molar-refractivity contribution in [2.45, 2.75) is 84.0 Å². The molecule has 3 nitrogen and oxygen atoms in total. The molecule has 18 heavy (non-hydrogen) atoms. The van der Waals surface area contributed by atoms with Crippen LogP contribution in [-0.2, 0) is 4.79 Å². The lowest BCUT2D eigenvalue weighted by molar-refractivity contribution is -0.133. The highest BCUT2D eigenvalue weighted by Gasteiger charge is 2.54. The van der Waals surface area contributed by atoms with E-state index in [9.17, 15) is 4.79 Å². The second kappa shape index (κ2) is 5.20. The van der Waals surface area contributed by atoms with Crippen molar-refractivity contribution in [2.24, 2.45) is 5.92 Å². The van der Waals surface area contributed by atoms with Gasteiger partial charge in [-0.15, -0.1) is 0 Å². The average Bonchev–Trinajstić information content (AvgIpc) is 3.03. The number of hydrogen-bond donors (Lipinski definition) is 1. The molecule has 2 fully saturated rings. The highest BCUT2D eigenvalue weighted by Crippen LogP contribution is 2.43. The van der Waals surface area contributed by atoms with Crippen molar-refractivity contribution >= 4 is 5.91 Å². The maximum Gasteiger partial charge on any atom is 0.244 e.